The molecule has 0 radical (unpaired) electrons. The molecule has 104 valence electrons. The SMILES string of the molecule is O=C(O)[C@H]1C[C@H](Oc2ccc3cnccc3c2)CCN1. The average molecular weight is 272 g/mol. The molecule has 2 atom stereocenters. The summed E-state index contributed by atoms with van der Waals surface area (Å²) >= 11 is 0. The Kier molecular flexibility index (Phi) is 3.52. The fraction of sp³-hybridized carbons (Fsp3) is 0.333. The maximum atomic E-state index is 11.0. The van der Waals surface area contributed by atoms with E-state index < -0.39 is 12.0 Å². The molecule has 2 N–H and O–H groups in total. The topological polar surface area (TPSA) is 71.5 Å². The van der Waals surface area contributed by atoms with Crippen LogP contribution in [0.25, 0.3) is 10.8 Å². The van der Waals surface area contributed by atoms with Crippen LogP contribution in [0.3, 0.4) is 0 Å². The van der Waals surface area contributed by atoms with Crippen molar-refractivity contribution in [1.29, 1.82) is 0 Å². The van der Waals surface area contributed by atoms with E-state index in [1.807, 2.05) is 30.5 Å². The second kappa shape index (κ2) is 5.46. The van der Waals surface area contributed by atoms with Crippen LogP contribution < -0.4 is 10.1 Å². The smallest absolute Gasteiger partial charge is 0.320 e. The van der Waals surface area contributed by atoms with Crippen molar-refractivity contribution >= 4 is 16.7 Å². The van der Waals surface area contributed by atoms with Crippen molar-refractivity contribution in [3.05, 3.63) is 36.7 Å². The van der Waals surface area contributed by atoms with Crippen molar-refractivity contribution in [2.75, 3.05) is 6.54 Å². The molecule has 0 saturated carbocycles. The number of rotatable bonds is 3. The number of hydrogen-bond acceptors (Lipinski definition) is 4. The molecule has 0 unspecified atom stereocenters. The van der Waals surface area contributed by atoms with E-state index in [0.717, 1.165) is 22.9 Å². The summed E-state index contributed by atoms with van der Waals surface area (Å²) in [5.41, 5.74) is 0. The fourth-order valence-corrected chi connectivity index (χ4v) is 2.50. The number of nitrogens with zero attached hydrogens (tertiary/aromatic N) is 1. The van der Waals surface area contributed by atoms with Gasteiger partial charge in [0, 0.05) is 24.2 Å². The molecule has 1 aliphatic heterocycles. The first-order valence-electron chi connectivity index (χ1n) is 6.69. The summed E-state index contributed by atoms with van der Waals surface area (Å²) in [5, 5.41) is 14.1. The number of benzene rings is 1. The highest BCUT2D eigenvalue weighted by Gasteiger charge is 2.27. The summed E-state index contributed by atoms with van der Waals surface area (Å²) in [6, 6.07) is 7.26. The summed E-state index contributed by atoms with van der Waals surface area (Å²) in [4.78, 5) is 15.1. The number of piperidine rings is 1. The Balaban J connectivity index is 1.74. The number of carboxylic acid groups (broad SMARTS) is 1. The maximum Gasteiger partial charge on any atom is 0.320 e. The third-order valence-electron chi connectivity index (χ3n) is 3.57. The van der Waals surface area contributed by atoms with Crippen molar-refractivity contribution in [2.45, 2.75) is 25.0 Å². The van der Waals surface area contributed by atoms with Crippen LogP contribution in [0.4, 0.5) is 0 Å². The van der Waals surface area contributed by atoms with Gasteiger partial charge in [0.05, 0.1) is 0 Å². The van der Waals surface area contributed by atoms with E-state index in [9.17, 15) is 4.79 Å². The molecule has 0 aliphatic carbocycles. The van der Waals surface area contributed by atoms with Gasteiger partial charge in [0.15, 0.2) is 0 Å². The van der Waals surface area contributed by atoms with E-state index in [2.05, 4.69) is 10.3 Å². The van der Waals surface area contributed by atoms with E-state index in [1.165, 1.54) is 0 Å². The lowest BCUT2D eigenvalue weighted by molar-refractivity contribution is -0.140. The van der Waals surface area contributed by atoms with Crippen LogP contribution in [-0.4, -0.2) is 34.8 Å². The van der Waals surface area contributed by atoms with Gasteiger partial charge in [-0.3, -0.25) is 9.78 Å². The molecule has 0 bridgehead atoms. The van der Waals surface area contributed by atoms with Crippen LogP contribution in [0.1, 0.15) is 12.8 Å². The average Bonchev–Trinajstić information content (AvgIpc) is 2.47. The van der Waals surface area contributed by atoms with Crippen molar-refractivity contribution < 1.29 is 14.6 Å². The molecular formula is C15H16N2O3. The lowest BCUT2D eigenvalue weighted by Gasteiger charge is -2.28. The number of fused-ring (bicyclic) bond motifs is 1. The summed E-state index contributed by atoms with van der Waals surface area (Å²) in [6.45, 7) is 0.666. The van der Waals surface area contributed by atoms with Gasteiger partial charge in [-0.05, 0) is 42.6 Å². The van der Waals surface area contributed by atoms with Gasteiger partial charge in [0.25, 0.3) is 0 Å². The summed E-state index contributed by atoms with van der Waals surface area (Å²) in [7, 11) is 0. The normalized spacial score (nSPS) is 22.6. The second-order valence-corrected chi connectivity index (χ2v) is 4.99. The zero-order valence-electron chi connectivity index (χ0n) is 11.0. The van der Waals surface area contributed by atoms with E-state index in [0.29, 0.717) is 13.0 Å². The lowest BCUT2D eigenvalue weighted by Crippen LogP contribution is -2.46. The highest BCUT2D eigenvalue weighted by atomic mass is 16.5. The van der Waals surface area contributed by atoms with Gasteiger partial charge in [0.2, 0.25) is 0 Å². The first-order chi connectivity index (χ1) is 9.72. The van der Waals surface area contributed by atoms with Gasteiger partial charge in [-0.2, -0.15) is 0 Å². The fourth-order valence-electron chi connectivity index (χ4n) is 2.50. The predicted molar refractivity (Wildman–Crippen MR) is 74.8 cm³/mol. The van der Waals surface area contributed by atoms with Crippen molar-refractivity contribution in [2.24, 2.45) is 0 Å². The highest BCUT2D eigenvalue weighted by Crippen LogP contribution is 2.23. The van der Waals surface area contributed by atoms with Gasteiger partial charge in [-0.15, -0.1) is 0 Å². The number of aromatic nitrogens is 1. The number of pyridine rings is 1. The lowest BCUT2D eigenvalue weighted by atomic mass is 10.0. The third-order valence-corrected chi connectivity index (χ3v) is 3.57. The third kappa shape index (κ3) is 2.72. The van der Waals surface area contributed by atoms with Gasteiger partial charge < -0.3 is 15.2 Å². The van der Waals surface area contributed by atoms with Gasteiger partial charge >= 0.3 is 5.97 Å². The molecular weight excluding hydrogens is 256 g/mol. The molecule has 0 spiro atoms. The van der Waals surface area contributed by atoms with Crippen LogP contribution in [0.2, 0.25) is 0 Å². The molecule has 3 rings (SSSR count). The molecule has 1 fully saturated rings. The Morgan fingerprint density at radius 1 is 1.35 bits per heavy atom. The first-order valence-corrected chi connectivity index (χ1v) is 6.69. The Morgan fingerprint density at radius 2 is 2.25 bits per heavy atom. The van der Waals surface area contributed by atoms with Crippen LogP contribution >= 0.6 is 0 Å². The molecule has 0 amide bonds. The Labute approximate surface area is 116 Å². The van der Waals surface area contributed by atoms with Gasteiger partial charge in [-0.1, -0.05) is 0 Å². The molecule has 1 aromatic heterocycles. The van der Waals surface area contributed by atoms with Crippen molar-refractivity contribution in [3.63, 3.8) is 0 Å². The maximum absolute atomic E-state index is 11.0. The number of aliphatic carboxylic acids is 1. The van der Waals surface area contributed by atoms with E-state index in [4.69, 9.17) is 9.84 Å². The minimum absolute atomic E-state index is 0.0587. The van der Waals surface area contributed by atoms with Crippen molar-refractivity contribution in [3.8, 4) is 5.75 Å². The monoisotopic (exact) mass is 272 g/mol. The molecule has 1 aliphatic rings. The summed E-state index contributed by atoms with van der Waals surface area (Å²) in [6.07, 6.45) is 4.81. The minimum Gasteiger partial charge on any atom is -0.490 e. The quantitative estimate of drug-likeness (QED) is 0.891. The van der Waals surface area contributed by atoms with Crippen LogP contribution in [0, 0.1) is 0 Å². The molecule has 2 aromatic rings. The highest BCUT2D eigenvalue weighted by molar-refractivity contribution is 5.82. The van der Waals surface area contributed by atoms with E-state index in [1.54, 1.807) is 6.20 Å². The number of carboxylic acids is 1. The molecule has 1 aromatic carbocycles. The summed E-state index contributed by atoms with van der Waals surface area (Å²) in [5.74, 6) is -0.0392. The number of ether oxygens (including phenoxy) is 1. The largest absolute Gasteiger partial charge is 0.490 e. The molecule has 1 saturated heterocycles. The van der Waals surface area contributed by atoms with Crippen LogP contribution in [0.15, 0.2) is 36.7 Å². The summed E-state index contributed by atoms with van der Waals surface area (Å²) < 4.78 is 5.92. The second-order valence-electron chi connectivity index (χ2n) is 4.99. The zero-order valence-corrected chi connectivity index (χ0v) is 11.0. The van der Waals surface area contributed by atoms with Gasteiger partial charge in [0.1, 0.15) is 17.9 Å². The molecule has 5 heteroatoms. The molecule has 2 heterocycles. The molecule has 5 nitrogen and oxygen atoms in total. The molecule has 20 heavy (non-hydrogen) atoms. The number of hydrogen-bond donors (Lipinski definition) is 2. The Hall–Kier alpha value is -2.14. The zero-order chi connectivity index (χ0) is 13.9. The minimum atomic E-state index is -0.817. The van der Waals surface area contributed by atoms with Crippen LogP contribution in [0.5, 0.6) is 5.75 Å². The number of carbonyl (C=O) groups is 1. The first kappa shape index (κ1) is 12.9. The Morgan fingerprint density at radius 3 is 3.10 bits per heavy atom. The van der Waals surface area contributed by atoms with Crippen LogP contribution in [-0.2, 0) is 4.79 Å². The number of nitrogens with one attached hydrogen (secondary N) is 1. The van der Waals surface area contributed by atoms with E-state index >= 15 is 0 Å². The van der Waals surface area contributed by atoms with Gasteiger partial charge in [-0.25, -0.2) is 0 Å². The van der Waals surface area contributed by atoms with E-state index in [-0.39, 0.29) is 6.10 Å². The van der Waals surface area contributed by atoms with Crippen molar-refractivity contribution in [1.82, 2.24) is 10.3 Å². The Bertz CT molecular complexity index is 629. The standard InChI is InChI=1S/C15H16N2O3/c18-15(19)14-8-13(4-6-17-14)20-12-2-1-11-9-16-5-3-10(11)7-12/h1-3,5,7,9,13-14,17H,4,6,8H2,(H,18,19)/t13-,14-/m1/s1. The predicted octanol–water partition coefficient (Wildman–Crippen LogP) is 1.82.